The quantitative estimate of drug-likeness (QED) is 0.749. The SMILES string of the molecule is O=C(NCc1cccc(NC(=O)C2CCCO2)c1)c1c(O)cc(F)cc1F. The van der Waals surface area contributed by atoms with Crippen molar-refractivity contribution in [3.63, 3.8) is 0 Å². The second-order valence-corrected chi connectivity index (χ2v) is 6.16. The van der Waals surface area contributed by atoms with E-state index in [9.17, 15) is 23.5 Å². The van der Waals surface area contributed by atoms with E-state index >= 15 is 0 Å². The molecule has 6 nitrogen and oxygen atoms in total. The molecule has 1 saturated heterocycles. The molecular weight excluding hydrogens is 358 g/mol. The van der Waals surface area contributed by atoms with Gasteiger partial charge in [0.15, 0.2) is 0 Å². The van der Waals surface area contributed by atoms with E-state index in [-0.39, 0.29) is 12.5 Å². The molecule has 2 aromatic rings. The van der Waals surface area contributed by atoms with Gasteiger partial charge in [-0.3, -0.25) is 9.59 Å². The third kappa shape index (κ3) is 4.59. The molecule has 0 radical (unpaired) electrons. The number of carbonyl (C=O) groups excluding carboxylic acids is 2. The lowest BCUT2D eigenvalue weighted by Gasteiger charge is -2.12. The number of amides is 2. The summed E-state index contributed by atoms with van der Waals surface area (Å²) in [4.78, 5) is 24.2. The Morgan fingerprint density at radius 3 is 2.74 bits per heavy atom. The van der Waals surface area contributed by atoms with Gasteiger partial charge in [0.25, 0.3) is 11.8 Å². The maximum atomic E-state index is 13.7. The smallest absolute Gasteiger partial charge is 0.258 e. The van der Waals surface area contributed by atoms with Crippen molar-refractivity contribution in [2.75, 3.05) is 11.9 Å². The maximum absolute atomic E-state index is 13.7. The van der Waals surface area contributed by atoms with Gasteiger partial charge in [-0.15, -0.1) is 0 Å². The minimum atomic E-state index is -1.15. The number of anilines is 1. The molecule has 142 valence electrons. The van der Waals surface area contributed by atoms with Crippen molar-refractivity contribution in [3.05, 3.63) is 59.2 Å². The third-order valence-electron chi connectivity index (χ3n) is 4.13. The summed E-state index contributed by atoms with van der Waals surface area (Å²) >= 11 is 0. The summed E-state index contributed by atoms with van der Waals surface area (Å²) < 4.78 is 32.1. The van der Waals surface area contributed by atoms with Crippen LogP contribution in [0.1, 0.15) is 28.8 Å². The molecule has 0 aliphatic carbocycles. The summed E-state index contributed by atoms with van der Waals surface area (Å²) in [5.41, 5.74) is 0.563. The highest BCUT2D eigenvalue weighted by Gasteiger charge is 2.23. The van der Waals surface area contributed by atoms with Gasteiger partial charge in [-0.1, -0.05) is 12.1 Å². The number of hydrogen-bond donors (Lipinski definition) is 3. The topological polar surface area (TPSA) is 87.7 Å². The first-order chi connectivity index (χ1) is 12.9. The van der Waals surface area contributed by atoms with Crippen LogP contribution in [0.15, 0.2) is 36.4 Å². The van der Waals surface area contributed by atoms with Gasteiger partial charge in [-0.2, -0.15) is 0 Å². The monoisotopic (exact) mass is 376 g/mol. The first-order valence-electron chi connectivity index (χ1n) is 8.41. The highest BCUT2D eigenvalue weighted by Crippen LogP contribution is 2.22. The minimum absolute atomic E-state index is 0.0265. The largest absolute Gasteiger partial charge is 0.507 e. The molecule has 1 fully saturated rings. The predicted molar refractivity (Wildman–Crippen MR) is 93.2 cm³/mol. The van der Waals surface area contributed by atoms with E-state index < -0.39 is 35.0 Å². The van der Waals surface area contributed by atoms with E-state index in [1.54, 1.807) is 24.3 Å². The Labute approximate surface area is 154 Å². The Balaban J connectivity index is 1.63. The van der Waals surface area contributed by atoms with Crippen LogP contribution in [0.5, 0.6) is 5.75 Å². The number of phenolic OH excluding ortho intramolecular Hbond substituents is 1. The Morgan fingerprint density at radius 1 is 1.22 bits per heavy atom. The van der Waals surface area contributed by atoms with Gasteiger partial charge in [-0.25, -0.2) is 8.78 Å². The van der Waals surface area contributed by atoms with Gasteiger partial charge in [-0.05, 0) is 30.5 Å². The molecule has 0 bridgehead atoms. The molecule has 1 heterocycles. The Bertz CT molecular complexity index is 844. The summed E-state index contributed by atoms with van der Waals surface area (Å²) in [5, 5.41) is 14.8. The van der Waals surface area contributed by atoms with Crippen molar-refractivity contribution in [2.24, 2.45) is 0 Å². The molecule has 2 aromatic carbocycles. The van der Waals surface area contributed by atoms with Crippen molar-refractivity contribution in [1.29, 1.82) is 0 Å². The fourth-order valence-corrected chi connectivity index (χ4v) is 2.82. The van der Waals surface area contributed by atoms with Gasteiger partial charge in [0.2, 0.25) is 0 Å². The van der Waals surface area contributed by atoms with Gasteiger partial charge in [0.05, 0.1) is 0 Å². The van der Waals surface area contributed by atoms with Gasteiger partial charge in [0, 0.05) is 31.0 Å². The molecule has 1 unspecified atom stereocenters. The number of nitrogens with one attached hydrogen (secondary N) is 2. The van der Waals surface area contributed by atoms with Crippen LogP contribution in [0, 0.1) is 11.6 Å². The number of rotatable bonds is 5. The van der Waals surface area contributed by atoms with Crippen molar-refractivity contribution in [2.45, 2.75) is 25.5 Å². The van der Waals surface area contributed by atoms with Crippen LogP contribution in [0.3, 0.4) is 0 Å². The molecule has 1 aliphatic rings. The molecule has 8 heteroatoms. The number of ether oxygens (including phenoxy) is 1. The van der Waals surface area contributed by atoms with Crippen LogP contribution >= 0.6 is 0 Å². The Kier molecular flexibility index (Phi) is 5.66. The minimum Gasteiger partial charge on any atom is -0.507 e. The summed E-state index contributed by atoms with van der Waals surface area (Å²) in [5.74, 6) is -4.01. The Hall–Kier alpha value is -3.00. The van der Waals surface area contributed by atoms with E-state index in [0.717, 1.165) is 6.42 Å². The van der Waals surface area contributed by atoms with E-state index in [1.807, 2.05) is 0 Å². The fourth-order valence-electron chi connectivity index (χ4n) is 2.82. The zero-order valence-corrected chi connectivity index (χ0v) is 14.3. The molecule has 0 saturated carbocycles. The van der Waals surface area contributed by atoms with Gasteiger partial charge in [0.1, 0.15) is 29.1 Å². The van der Waals surface area contributed by atoms with E-state index in [0.29, 0.717) is 36.4 Å². The first-order valence-corrected chi connectivity index (χ1v) is 8.41. The van der Waals surface area contributed by atoms with Crippen LogP contribution in [-0.2, 0) is 16.1 Å². The lowest BCUT2D eigenvalue weighted by Crippen LogP contribution is -2.27. The predicted octanol–water partition coefficient (Wildman–Crippen LogP) is 2.72. The van der Waals surface area contributed by atoms with Crippen LogP contribution in [0.25, 0.3) is 0 Å². The molecule has 0 spiro atoms. The fraction of sp³-hybridized carbons (Fsp3) is 0.263. The highest BCUT2D eigenvalue weighted by atomic mass is 19.1. The highest BCUT2D eigenvalue weighted by molar-refractivity contribution is 5.97. The van der Waals surface area contributed by atoms with E-state index in [4.69, 9.17) is 4.74 Å². The summed E-state index contributed by atoms with van der Waals surface area (Å²) in [7, 11) is 0. The van der Waals surface area contributed by atoms with E-state index in [2.05, 4.69) is 10.6 Å². The van der Waals surface area contributed by atoms with Crippen molar-refractivity contribution in [3.8, 4) is 5.75 Å². The van der Waals surface area contributed by atoms with Crippen LogP contribution in [0.4, 0.5) is 14.5 Å². The third-order valence-corrected chi connectivity index (χ3v) is 4.13. The molecule has 1 atom stereocenters. The number of aromatic hydroxyl groups is 1. The van der Waals surface area contributed by atoms with Gasteiger partial charge < -0.3 is 20.5 Å². The molecule has 1 aliphatic heterocycles. The standard InChI is InChI=1S/C19H18F2N2O4/c20-12-8-14(21)17(15(24)9-12)19(26)22-10-11-3-1-4-13(7-11)23-18(25)16-5-2-6-27-16/h1,3-4,7-9,16,24H,2,5-6,10H2,(H,22,26)(H,23,25). The number of carbonyl (C=O) groups is 2. The summed E-state index contributed by atoms with van der Waals surface area (Å²) in [6.07, 6.45) is 1.06. The lowest BCUT2D eigenvalue weighted by molar-refractivity contribution is -0.124. The summed E-state index contributed by atoms with van der Waals surface area (Å²) in [6.45, 7) is 0.593. The van der Waals surface area contributed by atoms with Gasteiger partial charge >= 0.3 is 0 Å². The molecule has 3 N–H and O–H groups in total. The second-order valence-electron chi connectivity index (χ2n) is 6.16. The van der Waals surface area contributed by atoms with Crippen LogP contribution < -0.4 is 10.6 Å². The molecule has 3 rings (SSSR count). The second kappa shape index (κ2) is 8.13. The van der Waals surface area contributed by atoms with E-state index in [1.165, 1.54) is 0 Å². The lowest BCUT2D eigenvalue weighted by atomic mass is 10.1. The van der Waals surface area contributed by atoms with Crippen molar-refractivity contribution in [1.82, 2.24) is 5.32 Å². The Morgan fingerprint density at radius 2 is 2.04 bits per heavy atom. The summed E-state index contributed by atoms with van der Waals surface area (Å²) in [6, 6.07) is 7.96. The average Bonchev–Trinajstić information content (AvgIpc) is 3.14. The molecule has 2 amide bonds. The number of phenols is 1. The van der Waals surface area contributed by atoms with Crippen LogP contribution in [0.2, 0.25) is 0 Å². The van der Waals surface area contributed by atoms with Crippen molar-refractivity contribution < 1.29 is 28.2 Å². The number of benzene rings is 2. The first kappa shape index (κ1) is 18.8. The average molecular weight is 376 g/mol. The molecule has 0 aromatic heterocycles. The number of hydrogen-bond acceptors (Lipinski definition) is 4. The molecular formula is C19H18F2N2O4. The number of halogens is 2. The normalized spacial score (nSPS) is 16.1. The van der Waals surface area contributed by atoms with Crippen molar-refractivity contribution >= 4 is 17.5 Å². The van der Waals surface area contributed by atoms with Crippen LogP contribution in [-0.4, -0.2) is 29.6 Å². The molecule has 27 heavy (non-hydrogen) atoms. The zero-order chi connectivity index (χ0) is 19.4. The maximum Gasteiger partial charge on any atom is 0.258 e. The zero-order valence-electron chi connectivity index (χ0n) is 14.3.